The second-order valence-corrected chi connectivity index (χ2v) is 7.25. The van der Waals surface area contributed by atoms with E-state index in [4.69, 9.17) is 5.73 Å². The van der Waals surface area contributed by atoms with Crippen LogP contribution in [0.4, 0.5) is 0 Å². The molecule has 0 spiro atoms. The fourth-order valence-corrected chi connectivity index (χ4v) is 3.56. The highest BCUT2D eigenvalue weighted by molar-refractivity contribution is 8.03. The van der Waals surface area contributed by atoms with Crippen molar-refractivity contribution in [1.82, 2.24) is 15.5 Å². The van der Waals surface area contributed by atoms with Gasteiger partial charge in [0.2, 0.25) is 5.91 Å². The van der Waals surface area contributed by atoms with Crippen LogP contribution in [0.2, 0.25) is 0 Å². The molecule has 1 fully saturated rings. The SMILES string of the molecule is CC(C)CC(NC(=O)C1CCCN1)C(=O)N1C=CSC1C(N)=O. The molecule has 3 unspecified atom stereocenters. The minimum atomic E-state index is -0.737. The minimum Gasteiger partial charge on any atom is -0.367 e. The molecule has 3 atom stereocenters. The van der Waals surface area contributed by atoms with Crippen LogP contribution in [0.3, 0.4) is 0 Å². The summed E-state index contributed by atoms with van der Waals surface area (Å²) in [5.41, 5.74) is 5.34. The molecule has 2 aliphatic rings. The Bertz CT molecular complexity index is 503. The Kier molecular flexibility index (Phi) is 6.06. The first-order valence-electron chi connectivity index (χ1n) is 7.87. The van der Waals surface area contributed by atoms with E-state index in [0.29, 0.717) is 6.42 Å². The standard InChI is InChI=1S/C15H24N4O3S/c1-9(2)8-11(18-13(21)10-4-3-5-17-10)14(22)19-6-7-23-15(19)12(16)20/h6-7,9-11,15,17H,3-5,8H2,1-2H3,(H2,16,20)(H,18,21). The third-order valence-corrected chi connectivity index (χ3v) is 4.87. The van der Waals surface area contributed by atoms with Crippen LogP contribution in [-0.2, 0) is 14.4 Å². The van der Waals surface area contributed by atoms with Crippen molar-refractivity contribution in [3.8, 4) is 0 Å². The van der Waals surface area contributed by atoms with Crippen molar-refractivity contribution < 1.29 is 14.4 Å². The molecule has 0 radical (unpaired) electrons. The molecule has 2 rings (SSSR count). The average molecular weight is 340 g/mol. The molecule has 0 aliphatic carbocycles. The van der Waals surface area contributed by atoms with Crippen molar-refractivity contribution in [3.05, 3.63) is 11.6 Å². The van der Waals surface area contributed by atoms with Gasteiger partial charge in [-0.3, -0.25) is 19.3 Å². The second kappa shape index (κ2) is 7.83. The lowest BCUT2D eigenvalue weighted by atomic mass is 10.0. The van der Waals surface area contributed by atoms with E-state index in [2.05, 4.69) is 10.6 Å². The van der Waals surface area contributed by atoms with Crippen LogP contribution in [0.15, 0.2) is 11.6 Å². The molecule has 3 amide bonds. The van der Waals surface area contributed by atoms with Gasteiger partial charge >= 0.3 is 0 Å². The van der Waals surface area contributed by atoms with E-state index in [-0.39, 0.29) is 23.8 Å². The number of primary amides is 1. The minimum absolute atomic E-state index is 0.159. The number of nitrogens with two attached hydrogens (primary N) is 1. The molecule has 0 saturated carbocycles. The third kappa shape index (κ3) is 4.48. The van der Waals surface area contributed by atoms with E-state index in [1.807, 2.05) is 13.8 Å². The van der Waals surface area contributed by atoms with Gasteiger partial charge in [0.15, 0.2) is 5.37 Å². The van der Waals surface area contributed by atoms with Crippen LogP contribution in [0.25, 0.3) is 0 Å². The first kappa shape index (κ1) is 17.8. The smallest absolute Gasteiger partial charge is 0.251 e. The summed E-state index contributed by atoms with van der Waals surface area (Å²) in [5, 5.41) is 6.89. The van der Waals surface area contributed by atoms with Crippen molar-refractivity contribution >= 4 is 29.5 Å². The Balaban J connectivity index is 2.07. The van der Waals surface area contributed by atoms with E-state index in [1.54, 1.807) is 11.6 Å². The van der Waals surface area contributed by atoms with Gasteiger partial charge in [0.25, 0.3) is 11.8 Å². The maximum Gasteiger partial charge on any atom is 0.251 e. The summed E-state index contributed by atoms with van der Waals surface area (Å²) in [6, 6.07) is -0.900. The lowest BCUT2D eigenvalue weighted by Gasteiger charge is -2.28. The van der Waals surface area contributed by atoms with E-state index in [0.717, 1.165) is 19.4 Å². The molecule has 2 aliphatic heterocycles. The summed E-state index contributed by atoms with van der Waals surface area (Å²) in [6.07, 6.45) is 3.79. The van der Waals surface area contributed by atoms with Gasteiger partial charge in [0, 0.05) is 6.20 Å². The summed E-state index contributed by atoms with van der Waals surface area (Å²) in [6.45, 7) is 4.79. The van der Waals surface area contributed by atoms with Crippen molar-refractivity contribution in [2.24, 2.45) is 11.7 Å². The topological polar surface area (TPSA) is 105 Å². The predicted molar refractivity (Wildman–Crippen MR) is 89.0 cm³/mol. The zero-order valence-electron chi connectivity index (χ0n) is 13.5. The van der Waals surface area contributed by atoms with Crippen molar-refractivity contribution in [1.29, 1.82) is 0 Å². The van der Waals surface area contributed by atoms with Gasteiger partial charge in [0.1, 0.15) is 6.04 Å². The predicted octanol–water partition coefficient (Wildman–Crippen LogP) is 0.127. The summed E-state index contributed by atoms with van der Waals surface area (Å²) >= 11 is 1.19. The molecule has 0 bridgehead atoms. The normalized spacial score (nSPS) is 24.9. The number of nitrogens with one attached hydrogen (secondary N) is 2. The Morgan fingerprint density at radius 1 is 1.43 bits per heavy atom. The Morgan fingerprint density at radius 3 is 2.74 bits per heavy atom. The fraction of sp³-hybridized carbons (Fsp3) is 0.667. The van der Waals surface area contributed by atoms with Crippen molar-refractivity contribution in [3.63, 3.8) is 0 Å². The highest BCUT2D eigenvalue weighted by Crippen LogP contribution is 2.26. The average Bonchev–Trinajstić information content (AvgIpc) is 3.16. The molecule has 8 heteroatoms. The molecule has 0 aromatic rings. The van der Waals surface area contributed by atoms with E-state index < -0.39 is 17.3 Å². The lowest BCUT2D eigenvalue weighted by molar-refractivity contribution is -0.137. The molecule has 7 nitrogen and oxygen atoms in total. The zero-order valence-corrected chi connectivity index (χ0v) is 14.3. The molecule has 0 aromatic heterocycles. The molecule has 4 N–H and O–H groups in total. The van der Waals surface area contributed by atoms with E-state index >= 15 is 0 Å². The van der Waals surface area contributed by atoms with Gasteiger partial charge in [-0.05, 0) is 37.1 Å². The van der Waals surface area contributed by atoms with Gasteiger partial charge < -0.3 is 16.4 Å². The maximum atomic E-state index is 12.8. The van der Waals surface area contributed by atoms with Crippen LogP contribution in [-0.4, -0.2) is 46.6 Å². The monoisotopic (exact) mass is 340 g/mol. The summed E-state index contributed by atoms with van der Waals surface area (Å²) in [7, 11) is 0. The highest BCUT2D eigenvalue weighted by Gasteiger charge is 2.36. The van der Waals surface area contributed by atoms with Crippen molar-refractivity contribution in [2.45, 2.75) is 50.6 Å². The number of carbonyl (C=O) groups excluding carboxylic acids is 3. The molecule has 23 heavy (non-hydrogen) atoms. The van der Waals surface area contributed by atoms with E-state index in [9.17, 15) is 14.4 Å². The van der Waals surface area contributed by atoms with Gasteiger partial charge in [-0.2, -0.15) is 0 Å². The molecular formula is C15H24N4O3S. The summed E-state index contributed by atoms with van der Waals surface area (Å²) < 4.78 is 0. The van der Waals surface area contributed by atoms with Crippen LogP contribution in [0.5, 0.6) is 0 Å². The lowest BCUT2D eigenvalue weighted by Crippen LogP contribution is -2.54. The molecular weight excluding hydrogens is 316 g/mol. The fourth-order valence-electron chi connectivity index (χ4n) is 2.77. The van der Waals surface area contributed by atoms with Gasteiger partial charge in [0.05, 0.1) is 6.04 Å². The molecule has 1 saturated heterocycles. The Morgan fingerprint density at radius 2 is 2.17 bits per heavy atom. The second-order valence-electron chi connectivity index (χ2n) is 6.26. The number of rotatable bonds is 6. The van der Waals surface area contributed by atoms with Crippen LogP contribution >= 0.6 is 11.8 Å². The van der Waals surface area contributed by atoms with Crippen LogP contribution in [0, 0.1) is 5.92 Å². The number of thioether (sulfide) groups is 1. The van der Waals surface area contributed by atoms with Crippen LogP contribution in [0.1, 0.15) is 33.1 Å². The first-order chi connectivity index (χ1) is 10.9. The number of nitrogens with zero attached hydrogens (tertiary/aromatic N) is 1. The molecule has 128 valence electrons. The number of amides is 3. The Hall–Kier alpha value is -1.54. The summed E-state index contributed by atoms with van der Waals surface area (Å²) in [5.74, 6) is -0.796. The van der Waals surface area contributed by atoms with Crippen molar-refractivity contribution in [2.75, 3.05) is 6.54 Å². The Labute approximate surface area is 140 Å². The molecule has 2 heterocycles. The van der Waals surface area contributed by atoms with Crippen LogP contribution < -0.4 is 16.4 Å². The van der Waals surface area contributed by atoms with Gasteiger partial charge in [-0.25, -0.2) is 0 Å². The third-order valence-electron chi connectivity index (χ3n) is 3.88. The van der Waals surface area contributed by atoms with Gasteiger partial charge in [-0.15, -0.1) is 0 Å². The highest BCUT2D eigenvalue weighted by atomic mass is 32.2. The largest absolute Gasteiger partial charge is 0.367 e. The zero-order chi connectivity index (χ0) is 17.0. The quantitative estimate of drug-likeness (QED) is 0.637. The number of carbonyl (C=O) groups is 3. The molecule has 0 aromatic carbocycles. The number of hydrogen-bond acceptors (Lipinski definition) is 5. The maximum absolute atomic E-state index is 12.8. The number of hydrogen-bond donors (Lipinski definition) is 3. The summed E-state index contributed by atoms with van der Waals surface area (Å²) in [4.78, 5) is 37.9. The first-order valence-corrected chi connectivity index (χ1v) is 8.81. The van der Waals surface area contributed by atoms with Gasteiger partial charge in [-0.1, -0.05) is 25.6 Å². The van der Waals surface area contributed by atoms with E-state index in [1.165, 1.54) is 16.7 Å².